The first-order chi connectivity index (χ1) is 13.5. The number of para-hydroxylation sites is 2. The van der Waals surface area contributed by atoms with Crippen molar-refractivity contribution in [1.29, 1.82) is 0 Å². The molecule has 1 unspecified atom stereocenters. The molecule has 0 bridgehead atoms. The van der Waals surface area contributed by atoms with Gasteiger partial charge in [0.1, 0.15) is 11.6 Å². The number of ether oxygens (including phenoxy) is 1. The molecule has 0 fully saturated rings. The highest BCUT2D eigenvalue weighted by Gasteiger charge is 2.18. The fraction of sp³-hybridized carbons (Fsp3) is 0.250. The van der Waals surface area contributed by atoms with E-state index in [1.165, 1.54) is 23.9 Å². The molecule has 0 aliphatic heterocycles. The van der Waals surface area contributed by atoms with E-state index in [9.17, 15) is 9.18 Å². The second kappa shape index (κ2) is 8.88. The second-order valence-corrected chi connectivity index (χ2v) is 7.18. The molecule has 1 heterocycles. The minimum atomic E-state index is -0.469. The first-order valence-electron chi connectivity index (χ1n) is 8.74. The number of nitrogens with one attached hydrogen (secondary N) is 1. The van der Waals surface area contributed by atoms with Gasteiger partial charge in [-0.2, -0.15) is 0 Å². The van der Waals surface area contributed by atoms with Crippen molar-refractivity contribution in [3.63, 3.8) is 0 Å². The highest BCUT2D eigenvalue weighted by atomic mass is 32.2. The summed E-state index contributed by atoms with van der Waals surface area (Å²) in [5, 5.41) is 11.5. The fourth-order valence-corrected chi connectivity index (χ4v) is 3.33. The van der Waals surface area contributed by atoms with Gasteiger partial charge in [-0.15, -0.1) is 10.2 Å². The van der Waals surface area contributed by atoms with Crippen LogP contribution < -0.4 is 10.1 Å². The molecule has 3 rings (SSSR count). The molecule has 0 saturated carbocycles. The molecule has 1 N–H and O–H groups in total. The smallest absolute Gasteiger partial charge is 0.234 e. The number of rotatable bonds is 7. The lowest BCUT2D eigenvalue weighted by atomic mass is 10.2. The van der Waals surface area contributed by atoms with Gasteiger partial charge in [0.2, 0.25) is 5.91 Å². The Morgan fingerprint density at radius 1 is 1.21 bits per heavy atom. The van der Waals surface area contributed by atoms with Crippen LogP contribution in [-0.2, 0) is 11.8 Å². The zero-order valence-electron chi connectivity index (χ0n) is 15.8. The van der Waals surface area contributed by atoms with Crippen molar-refractivity contribution in [2.45, 2.75) is 25.1 Å². The van der Waals surface area contributed by atoms with Crippen molar-refractivity contribution < 1.29 is 13.9 Å². The highest BCUT2D eigenvalue weighted by molar-refractivity contribution is 7.99. The van der Waals surface area contributed by atoms with E-state index in [2.05, 4.69) is 15.5 Å². The molecule has 6 nitrogen and oxygen atoms in total. The van der Waals surface area contributed by atoms with Gasteiger partial charge in [0.25, 0.3) is 0 Å². The van der Waals surface area contributed by atoms with Gasteiger partial charge in [0.05, 0.1) is 11.4 Å². The van der Waals surface area contributed by atoms with Crippen LogP contribution in [0.15, 0.2) is 53.7 Å². The number of nitrogens with zero attached hydrogens (tertiary/aromatic N) is 3. The quantitative estimate of drug-likeness (QED) is 0.604. The number of aryl methyl sites for hydroxylation is 1. The van der Waals surface area contributed by atoms with Crippen LogP contribution in [0.5, 0.6) is 5.75 Å². The Morgan fingerprint density at radius 3 is 2.68 bits per heavy atom. The van der Waals surface area contributed by atoms with E-state index in [0.717, 1.165) is 11.3 Å². The lowest BCUT2D eigenvalue weighted by Gasteiger charge is -2.15. The van der Waals surface area contributed by atoms with Gasteiger partial charge in [0, 0.05) is 7.05 Å². The maximum atomic E-state index is 13.6. The summed E-state index contributed by atoms with van der Waals surface area (Å²) in [6.45, 7) is 3.88. The number of amides is 1. The lowest BCUT2D eigenvalue weighted by molar-refractivity contribution is -0.113. The van der Waals surface area contributed by atoms with Crippen molar-refractivity contribution >= 4 is 23.4 Å². The Balaban J connectivity index is 1.60. The van der Waals surface area contributed by atoms with E-state index in [1.807, 2.05) is 45.2 Å². The molecule has 1 aromatic heterocycles. The van der Waals surface area contributed by atoms with Crippen molar-refractivity contribution in [3.8, 4) is 5.75 Å². The van der Waals surface area contributed by atoms with Crippen LogP contribution >= 0.6 is 11.8 Å². The third kappa shape index (κ3) is 4.69. The highest BCUT2D eigenvalue weighted by Crippen LogP contribution is 2.25. The molecule has 1 amide bonds. The van der Waals surface area contributed by atoms with E-state index in [0.29, 0.717) is 11.0 Å². The molecule has 1 atom stereocenters. The van der Waals surface area contributed by atoms with Crippen molar-refractivity contribution in [2.75, 3.05) is 11.1 Å². The molecule has 0 spiro atoms. The number of hydrogen-bond acceptors (Lipinski definition) is 5. The van der Waals surface area contributed by atoms with Crippen LogP contribution in [0.4, 0.5) is 10.1 Å². The number of halogens is 1. The number of hydrogen-bond donors (Lipinski definition) is 1. The Labute approximate surface area is 167 Å². The Hall–Kier alpha value is -2.87. The average Bonchev–Trinajstić information content (AvgIpc) is 3.04. The summed E-state index contributed by atoms with van der Waals surface area (Å²) in [6.07, 6.45) is -0.305. The van der Waals surface area contributed by atoms with Crippen molar-refractivity contribution in [2.24, 2.45) is 7.05 Å². The molecule has 0 radical (unpaired) electrons. The molecule has 28 heavy (non-hydrogen) atoms. The van der Waals surface area contributed by atoms with Crippen LogP contribution in [-0.4, -0.2) is 26.4 Å². The van der Waals surface area contributed by atoms with Crippen LogP contribution in [0.2, 0.25) is 0 Å². The summed E-state index contributed by atoms with van der Waals surface area (Å²) in [4.78, 5) is 12.1. The minimum absolute atomic E-state index is 0.0906. The Kier molecular flexibility index (Phi) is 6.30. The molecule has 0 saturated heterocycles. The first-order valence-corrected chi connectivity index (χ1v) is 9.73. The van der Waals surface area contributed by atoms with Gasteiger partial charge in [-0.1, -0.05) is 42.1 Å². The molecule has 146 valence electrons. The number of carbonyl (C=O) groups is 1. The lowest BCUT2D eigenvalue weighted by Crippen LogP contribution is -2.15. The van der Waals surface area contributed by atoms with Crippen LogP contribution in [0.25, 0.3) is 0 Å². The largest absolute Gasteiger partial charge is 0.482 e. The van der Waals surface area contributed by atoms with E-state index < -0.39 is 5.82 Å². The standard InChI is InChI=1S/C20H21FN4O2S/c1-13-8-4-7-11-17(13)27-14(2)19-23-24-20(25(19)3)28-12-18(26)22-16-10-6-5-9-15(16)21/h4-11,14H,12H2,1-3H3,(H,22,26). The maximum absolute atomic E-state index is 13.6. The Morgan fingerprint density at radius 2 is 1.93 bits per heavy atom. The summed E-state index contributed by atoms with van der Waals surface area (Å²) in [5.74, 6) is 0.748. The first kappa shape index (κ1) is 19.9. The molecule has 8 heteroatoms. The molecule has 0 aliphatic carbocycles. The third-order valence-corrected chi connectivity index (χ3v) is 5.13. The van der Waals surface area contributed by atoms with Crippen molar-refractivity contribution in [3.05, 3.63) is 65.7 Å². The topological polar surface area (TPSA) is 69.0 Å². The third-order valence-electron chi connectivity index (χ3n) is 4.11. The van der Waals surface area contributed by atoms with Crippen LogP contribution in [0, 0.1) is 12.7 Å². The van der Waals surface area contributed by atoms with Gasteiger partial charge in [-0.05, 0) is 37.6 Å². The van der Waals surface area contributed by atoms with Gasteiger partial charge in [-0.3, -0.25) is 4.79 Å². The summed E-state index contributed by atoms with van der Waals surface area (Å²) < 4.78 is 21.4. The van der Waals surface area contributed by atoms with Gasteiger partial charge in [0.15, 0.2) is 17.1 Å². The predicted octanol–water partition coefficient (Wildman–Crippen LogP) is 4.13. The average molecular weight is 400 g/mol. The minimum Gasteiger partial charge on any atom is -0.482 e. The number of carbonyl (C=O) groups excluding carboxylic acids is 1. The van der Waals surface area contributed by atoms with Gasteiger partial charge in [-0.25, -0.2) is 4.39 Å². The summed E-state index contributed by atoms with van der Waals surface area (Å²) in [5.41, 5.74) is 1.20. The maximum Gasteiger partial charge on any atom is 0.234 e. The number of anilines is 1. The molecule has 2 aromatic carbocycles. The Bertz CT molecular complexity index is 976. The van der Waals surface area contributed by atoms with Crippen molar-refractivity contribution in [1.82, 2.24) is 14.8 Å². The normalized spacial score (nSPS) is 11.9. The van der Waals surface area contributed by atoms with Gasteiger partial charge >= 0.3 is 0 Å². The van der Waals surface area contributed by atoms with E-state index >= 15 is 0 Å². The second-order valence-electron chi connectivity index (χ2n) is 6.24. The molecular weight excluding hydrogens is 379 g/mol. The monoisotopic (exact) mass is 400 g/mol. The molecule has 3 aromatic rings. The zero-order chi connectivity index (χ0) is 20.1. The van der Waals surface area contributed by atoms with Crippen LogP contribution in [0.3, 0.4) is 0 Å². The van der Waals surface area contributed by atoms with Crippen LogP contribution in [0.1, 0.15) is 24.4 Å². The number of aromatic nitrogens is 3. The summed E-state index contributed by atoms with van der Waals surface area (Å²) in [6, 6.07) is 13.8. The molecule has 0 aliphatic rings. The zero-order valence-corrected chi connectivity index (χ0v) is 16.7. The number of thioether (sulfide) groups is 1. The van der Waals surface area contributed by atoms with E-state index in [4.69, 9.17) is 4.74 Å². The number of benzene rings is 2. The SMILES string of the molecule is Cc1ccccc1OC(C)c1nnc(SCC(=O)Nc2ccccc2F)n1C. The fourth-order valence-electron chi connectivity index (χ4n) is 2.62. The van der Waals surface area contributed by atoms with Gasteiger partial charge < -0.3 is 14.6 Å². The summed E-state index contributed by atoms with van der Waals surface area (Å²) >= 11 is 1.23. The van der Waals surface area contributed by atoms with E-state index in [-0.39, 0.29) is 23.5 Å². The van der Waals surface area contributed by atoms with E-state index in [1.54, 1.807) is 16.7 Å². The predicted molar refractivity (Wildman–Crippen MR) is 107 cm³/mol. The molecular formula is C20H21FN4O2S. The summed E-state index contributed by atoms with van der Waals surface area (Å²) in [7, 11) is 1.82.